The third-order valence-electron chi connectivity index (χ3n) is 1.64. The van der Waals surface area contributed by atoms with Crippen molar-refractivity contribution in [1.82, 2.24) is 4.90 Å². The van der Waals surface area contributed by atoms with Gasteiger partial charge in [-0.2, -0.15) is 10.5 Å². The number of allylic oxidation sites excluding steroid dienone is 1. The lowest BCUT2D eigenvalue weighted by molar-refractivity contribution is 0.528. The monoisotopic (exact) mass is 145 g/mol. The van der Waals surface area contributed by atoms with Gasteiger partial charge in [-0.15, -0.1) is 0 Å². The van der Waals surface area contributed by atoms with Crippen molar-refractivity contribution in [2.24, 2.45) is 0 Å². The van der Waals surface area contributed by atoms with E-state index in [1.165, 1.54) is 0 Å². The van der Waals surface area contributed by atoms with Gasteiger partial charge in [0.25, 0.3) is 0 Å². The Morgan fingerprint density at radius 1 is 1.45 bits per heavy atom. The summed E-state index contributed by atoms with van der Waals surface area (Å²) in [5.74, 6) is 0. The summed E-state index contributed by atoms with van der Waals surface area (Å²) in [5.41, 5.74) is 1.01. The maximum atomic E-state index is 8.62. The van der Waals surface area contributed by atoms with Gasteiger partial charge in [0, 0.05) is 13.0 Å². The summed E-state index contributed by atoms with van der Waals surface area (Å²) in [6.45, 7) is 4.24. The van der Waals surface area contributed by atoms with E-state index >= 15 is 0 Å². The minimum absolute atomic E-state index is 0.447. The van der Waals surface area contributed by atoms with Crippen LogP contribution in [0.3, 0.4) is 0 Å². The van der Waals surface area contributed by atoms with Crippen LogP contribution in [0.4, 0.5) is 0 Å². The van der Waals surface area contributed by atoms with E-state index in [1.54, 1.807) is 11.1 Å². The maximum Gasteiger partial charge on any atom is 0.134 e. The fraction of sp³-hybridized carbons (Fsp3) is 0.250. The molecule has 1 aliphatic rings. The highest BCUT2D eigenvalue weighted by Crippen LogP contribution is 2.21. The van der Waals surface area contributed by atoms with Crippen LogP contribution in [-0.4, -0.2) is 11.4 Å². The minimum Gasteiger partial charge on any atom is -0.339 e. The molecule has 1 aliphatic heterocycles. The number of hydrogen-bond donors (Lipinski definition) is 0. The molecule has 11 heavy (non-hydrogen) atoms. The normalized spacial score (nSPS) is 16.0. The van der Waals surface area contributed by atoms with Crippen molar-refractivity contribution in [2.75, 3.05) is 6.54 Å². The van der Waals surface area contributed by atoms with Gasteiger partial charge in [-0.05, 0) is 6.20 Å². The molecule has 0 radical (unpaired) electrons. The fourth-order valence-corrected chi connectivity index (χ4v) is 1.06. The summed E-state index contributed by atoms with van der Waals surface area (Å²) in [7, 11) is 0. The predicted molar refractivity (Wildman–Crippen MR) is 39.8 cm³/mol. The van der Waals surface area contributed by atoms with E-state index in [0.717, 1.165) is 0 Å². The SMILES string of the molecule is C=CN1CCC(C#N)=C1C#N. The van der Waals surface area contributed by atoms with Crippen LogP contribution in [0.25, 0.3) is 0 Å². The second-order valence-corrected chi connectivity index (χ2v) is 2.18. The van der Waals surface area contributed by atoms with Crippen molar-refractivity contribution >= 4 is 0 Å². The van der Waals surface area contributed by atoms with Gasteiger partial charge in [0.05, 0.1) is 11.6 Å². The highest BCUT2D eigenvalue weighted by molar-refractivity contribution is 5.40. The molecule has 0 aromatic heterocycles. The molecule has 0 saturated heterocycles. The van der Waals surface area contributed by atoms with Gasteiger partial charge in [-0.25, -0.2) is 0 Å². The summed E-state index contributed by atoms with van der Waals surface area (Å²) in [4.78, 5) is 1.69. The Morgan fingerprint density at radius 2 is 2.18 bits per heavy atom. The van der Waals surface area contributed by atoms with E-state index in [4.69, 9.17) is 10.5 Å². The van der Waals surface area contributed by atoms with Crippen molar-refractivity contribution in [3.63, 3.8) is 0 Å². The molecule has 0 bridgehead atoms. The van der Waals surface area contributed by atoms with Crippen LogP contribution < -0.4 is 0 Å². The molecule has 0 saturated carbocycles. The highest BCUT2D eigenvalue weighted by Gasteiger charge is 2.19. The molecule has 54 valence electrons. The lowest BCUT2D eigenvalue weighted by Crippen LogP contribution is -2.09. The van der Waals surface area contributed by atoms with Crippen LogP contribution in [-0.2, 0) is 0 Å². The van der Waals surface area contributed by atoms with Gasteiger partial charge in [-0.3, -0.25) is 0 Å². The van der Waals surface area contributed by atoms with Gasteiger partial charge in [0.1, 0.15) is 11.8 Å². The first-order valence-corrected chi connectivity index (χ1v) is 3.26. The molecule has 1 heterocycles. The molecule has 3 nitrogen and oxygen atoms in total. The van der Waals surface area contributed by atoms with Gasteiger partial charge in [0.15, 0.2) is 0 Å². The van der Waals surface area contributed by atoms with Crippen molar-refractivity contribution in [3.05, 3.63) is 24.0 Å². The van der Waals surface area contributed by atoms with Crippen LogP contribution in [0.15, 0.2) is 24.0 Å². The zero-order chi connectivity index (χ0) is 8.27. The molecule has 0 aromatic carbocycles. The summed E-state index contributed by atoms with van der Waals surface area (Å²) >= 11 is 0. The van der Waals surface area contributed by atoms with Crippen LogP contribution in [0.2, 0.25) is 0 Å². The lowest BCUT2D eigenvalue weighted by Gasteiger charge is -2.09. The molecule has 0 aliphatic carbocycles. The molecule has 0 N–H and O–H groups in total. The zero-order valence-corrected chi connectivity index (χ0v) is 6.04. The van der Waals surface area contributed by atoms with Crippen molar-refractivity contribution in [1.29, 1.82) is 10.5 Å². The third kappa shape index (κ3) is 1.09. The Bertz CT molecular complexity index is 287. The van der Waals surface area contributed by atoms with E-state index in [2.05, 4.69) is 6.58 Å². The molecule has 3 heteroatoms. The highest BCUT2D eigenvalue weighted by atomic mass is 15.1. The first-order valence-electron chi connectivity index (χ1n) is 3.26. The topological polar surface area (TPSA) is 50.8 Å². The molecule has 0 aromatic rings. The minimum atomic E-state index is 0.447. The number of rotatable bonds is 1. The average Bonchev–Trinajstić information content (AvgIpc) is 2.45. The Hall–Kier alpha value is -1.74. The number of hydrogen-bond acceptors (Lipinski definition) is 3. The molecular weight excluding hydrogens is 138 g/mol. The summed E-state index contributed by atoms with van der Waals surface area (Å²) in [6, 6.07) is 3.97. The largest absolute Gasteiger partial charge is 0.339 e. The van der Waals surface area contributed by atoms with Crippen molar-refractivity contribution in [3.8, 4) is 12.1 Å². The second kappa shape index (κ2) is 2.90. The van der Waals surface area contributed by atoms with E-state index in [9.17, 15) is 0 Å². The van der Waals surface area contributed by atoms with Gasteiger partial charge in [0.2, 0.25) is 0 Å². The first-order chi connectivity index (χ1) is 5.33. The quantitative estimate of drug-likeness (QED) is 0.555. The first kappa shape index (κ1) is 7.37. The summed E-state index contributed by atoms with van der Waals surface area (Å²) in [5, 5.41) is 17.2. The molecule has 1 rings (SSSR count). The lowest BCUT2D eigenvalue weighted by atomic mass is 10.2. The smallest absolute Gasteiger partial charge is 0.134 e. The molecule has 0 unspecified atom stereocenters. The standard InChI is InChI=1S/C8H7N3/c1-2-11-4-3-7(5-9)8(11)6-10/h2H,1,3-4H2. The fourth-order valence-electron chi connectivity index (χ4n) is 1.06. The molecule has 0 spiro atoms. The summed E-state index contributed by atoms with van der Waals surface area (Å²) in [6.07, 6.45) is 2.23. The van der Waals surface area contributed by atoms with Gasteiger partial charge in [-0.1, -0.05) is 6.58 Å². The molecule has 0 amide bonds. The second-order valence-electron chi connectivity index (χ2n) is 2.18. The van der Waals surface area contributed by atoms with E-state index in [1.807, 2.05) is 12.1 Å². The Morgan fingerprint density at radius 3 is 2.64 bits per heavy atom. The van der Waals surface area contributed by atoms with Gasteiger partial charge >= 0.3 is 0 Å². The predicted octanol–water partition coefficient (Wildman–Crippen LogP) is 1.14. The number of nitrogens with zero attached hydrogens (tertiary/aromatic N) is 3. The Kier molecular flexibility index (Phi) is 1.94. The summed E-state index contributed by atoms with van der Waals surface area (Å²) < 4.78 is 0. The van der Waals surface area contributed by atoms with Crippen LogP contribution in [0.1, 0.15) is 6.42 Å². The molecular formula is C8H7N3. The van der Waals surface area contributed by atoms with E-state index < -0.39 is 0 Å². The van der Waals surface area contributed by atoms with Crippen molar-refractivity contribution < 1.29 is 0 Å². The van der Waals surface area contributed by atoms with Crippen LogP contribution in [0.5, 0.6) is 0 Å². The van der Waals surface area contributed by atoms with Crippen molar-refractivity contribution in [2.45, 2.75) is 6.42 Å². The maximum absolute atomic E-state index is 8.62. The van der Waals surface area contributed by atoms with Crippen LogP contribution >= 0.6 is 0 Å². The Balaban J connectivity index is 3.01. The third-order valence-corrected chi connectivity index (χ3v) is 1.64. The molecule has 0 atom stereocenters. The van der Waals surface area contributed by atoms with Gasteiger partial charge < -0.3 is 4.90 Å². The average molecular weight is 145 g/mol. The Labute approximate surface area is 65.5 Å². The number of nitriles is 2. The van der Waals surface area contributed by atoms with Crippen LogP contribution in [0, 0.1) is 22.7 Å². The van der Waals surface area contributed by atoms with E-state index in [0.29, 0.717) is 24.2 Å². The molecule has 0 fully saturated rings. The van der Waals surface area contributed by atoms with E-state index in [-0.39, 0.29) is 0 Å². The zero-order valence-electron chi connectivity index (χ0n) is 6.04.